The van der Waals surface area contributed by atoms with Crippen LogP contribution in [0.2, 0.25) is 0 Å². The third kappa shape index (κ3) is 4.04. The summed E-state index contributed by atoms with van der Waals surface area (Å²) in [6.07, 6.45) is 4.33. The van der Waals surface area contributed by atoms with E-state index in [9.17, 15) is 0 Å². The van der Waals surface area contributed by atoms with Gasteiger partial charge in [-0.25, -0.2) is 0 Å². The first-order chi connectivity index (χ1) is 9.04. The van der Waals surface area contributed by atoms with E-state index in [1.807, 2.05) is 44.3 Å². The number of rotatable bonds is 4. The van der Waals surface area contributed by atoms with Crippen LogP contribution < -0.4 is 10.5 Å². The van der Waals surface area contributed by atoms with Crippen molar-refractivity contribution in [3.63, 3.8) is 0 Å². The van der Waals surface area contributed by atoms with Gasteiger partial charge in [0.05, 0.1) is 6.20 Å². The van der Waals surface area contributed by atoms with Crippen LogP contribution in [-0.4, -0.2) is 11.0 Å². The number of ether oxygens (including phenoxy) is 1. The topological polar surface area (TPSA) is 48.1 Å². The highest BCUT2D eigenvalue weighted by atomic mass is 79.9. The summed E-state index contributed by atoms with van der Waals surface area (Å²) in [5, 5.41) is 0. The Kier molecular flexibility index (Phi) is 4.56. The summed E-state index contributed by atoms with van der Waals surface area (Å²) in [5.41, 5.74) is 7.96. The summed E-state index contributed by atoms with van der Waals surface area (Å²) in [6.45, 7) is 3.99. The van der Waals surface area contributed by atoms with Gasteiger partial charge >= 0.3 is 0 Å². The Hall–Kier alpha value is -1.39. The third-order valence-corrected chi connectivity index (χ3v) is 3.20. The first-order valence-electron chi connectivity index (χ1n) is 6.18. The zero-order chi connectivity index (χ0) is 13.8. The molecule has 1 aromatic carbocycles. The Labute approximate surface area is 121 Å². The van der Waals surface area contributed by atoms with Crippen LogP contribution in [0.15, 0.2) is 41.1 Å². The fraction of sp³-hybridized carbons (Fsp3) is 0.267. The lowest BCUT2D eigenvalue weighted by atomic mass is 10.1. The van der Waals surface area contributed by atoms with Crippen molar-refractivity contribution in [2.75, 3.05) is 0 Å². The maximum atomic E-state index is 5.88. The van der Waals surface area contributed by atoms with E-state index in [4.69, 9.17) is 10.5 Å². The molecule has 2 N–H and O–H groups in total. The van der Waals surface area contributed by atoms with Crippen molar-refractivity contribution >= 4 is 15.9 Å². The first-order valence-corrected chi connectivity index (χ1v) is 6.97. The van der Waals surface area contributed by atoms with Gasteiger partial charge in [-0.05, 0) is 49.6 Å². The van der Waals surface area contributed by atoms with Crippen molar-refractivity contribution in [3.8, 4) is 11.5 Å². The van der Waals surface area contributed by atoms with Gasteiger partial charge in [0.2, 0.25) is 0 Å². The minimum Gasteiger partial charge on any atom is -0.455 e. The highest BCUT2D eigenvalue weighted by molar-refractivity contribution is 9.10. The van der Waals surface area contributed by atoms with Crippen molar-refractivity contribution in [2.45, 2.75) is 26.3 Å². The van der Waals surface area contributed by atoms with Crippen LogP contribution in [0.3, 0.4) is 0 Å². The second-order valence-corrected chi connectivity index (χ2v) is 5.64. The normalized spacial score (nSPS) is 12.2. The molecule has 0 fully saturated rings. The molecule has 0 aliphatic carbocycles. The summed E-state index contributed by atoms with van der Waals surface area (Å²) in [7, 11) is 0. The van der Waals surface area contributed by atoms with Crippen LogP contribution in [0, 0.1) is 6.92 Å². The van der Waals surface area contributed by atoms with Crippen LogP contribution in [-0.2, 0) is 6.42 Å². The van der Waals surface area contributed by atoms with Gasteiger partial charge in [-0.1, -0.05) is 22.0 Å². The average molecular weight is 321 g/mol. The Morgan fingerprint density at radius 2 is 2.11 bits per heavy atom. The van der Waals surface area contributed by atoms with Crippen molar-refractivity contribution in [2.24, 2.45) is 5.73 Å². The molecule has 1 aromatic heterocycles. The maximum absolute atomic E-state index is 5.88. The number of aromatic nitrogens is 1. The molecule has 2 rings (SSSR count). The van der Waals surface area contributed by atoms with E-state index in [2.05, 4.69) is 20.9 Å². The number of benzene rings is 1. The van der Waals surface area contributed by atoms with Gasteiger partial charge in [-0.3, -0.25) is 4.98 Å². The zero-order valence-electron chi connectivity index (χ0n) is 11.1. The fourth-order valence-corrected chi connectivity index (χ4v) is 2.15. The quantitative estimate of drug-likeness (QED) is 0.931. The van der Waals surface area contributed by atoms with Crippen LogP contribution in [0.25, 0.3) is 0 Å². The molecule has 0 aliphatic rings. The Morgan fingerprint density at radius 1 is 1.32 bits per heavy atom. The largest absolute Gasteiger partial charge is 0.455 e. The highest BCUT2D eigenvalue weighted by Crippen LogP contribution is 2.28. The summed E-state index contributed by atoms with van der Waals surface area (Å²) < 4.78 is 6.87. The van der Waals surface area contributed by atoms with Crippen molar-refractivity contribution in [1.82, 2.24) is 4.98 Å². The molecular weight excluding hydrogens is 304 g/mol. The molecule has 0 bridgehead atoms. The van der Waals surface area contributed by atoms with Crippen molar-refractivity contribution in [1.29, 1.82) is 0 Å². The van der Waals surface area contributed by atoms with Gasteiger partial charge in [-0.15, -0.1) is 0 Å². The second kappa shape index (κ2) is 6.17. The minimum absolute atomic E-state index is 0.115. The van der Waals surface area contributed by atoms with E-state index in [1.54, 1.807) is 6.20 Å². The lowest BCUT2D eigenvalue weighted by Gasteiger charge is -2.10. The predicted molar refractivity (Wildman–Crippen MR) is 80.5 cm³/mol. The van der Waals surface area contributed by atoms with E-state index in [1.165, 1.54) is 0 Å². The van der Waals surface area contributed by atoms with E-state index in [-0.39, 0.29) is 6.04 Å². The summed E-state index contributed by atoms with van der Waals surface area (Å²) >= 11 is 3.44. The Balaban J connectivity index is 2.21. The SMILES string of the molecule is Cc1ccc(Br)cc1Oc1cncc(CC(C)N)c1. The molecular formula is C15H17BrN2O. The minimum atomic E-state index is 0.115. The van der Waals surface area contributed by atoms with Crippen LogP contribution in [0.1, 0.15) is 18.1 Å². The molecule has 1 unspecified atom stereocenters. The van der Waals surface area contributed by atoms with E-state index in [0.717, 1.165) is 33.5 Å². The van der Waals surface area contributed by atoms with Crippen LogP contribution >= 0.6 is 15.9 Å². The van der Waals surface area contributed by atoms with E-state index < -0.39 is 0 Å². The lowest BCUT2D eigenvalue weighted by molar-refractivity contribution is 0.475. The Bertz CT molecular complexity index is 570. The molecule has 0 saturated carbocycles. The lowest BCUT2D eigenvalue weighted by Crippen LogP contribution is -2.17. The van der Waals surface area contributed by atoms with Crippen molar-refractivity contribution < 1.29 is 4.74 Å². The van der Waals surface area contributed by atoms with Gasteiger partial charge < -0.3 is 10.5 Å². The number of hydrogen-bond acceptors (Lipinski definition) is 3. The van der Waals surface area contributed by atoms with Gasteiger partial charge in [0.15, 0.2) is 0 Å². The molecule has 2 aromatic rings. The smallest absolute Gasteiger partial charge is 0.145 e. The van der Waals surface area contributed by atoms with Crippen LogP contribution in [0.5, 0.6) is 11.5 Å². The molecule has 1 atom stereocenters. The molecule has 4 heteroatoms. The number of nitrogens with zero attached hydrogens (tertiary/aromatic N) is 1. The summed E-state index contributed by atoms with van der Waals surface area (Å²) in [4.78, 5) is 4.19. The van der Waals surface area contributed by atoms with Gasteiger partial charge in [0.1, 0.15) is 11.5 Å². The number of halogens is 1. The standard InChI is InChI=1S/C15H17BrN2O/c1-10-3-4-13(16)7-15(10)19-14-6-12(5-11(2)17)8-18-9-14/h3-4,6-9,11H,5,17H2,1-2H3. The summed E-state index contributed by atoms with van der Waals surface area (Å²) in [5.74, 6) is 1.56. The molecule has 0 amide bonds. The molecule has 3 nitrogen and oxygen atoms in total. The fourth-order valence-electron chi connectivity index (χ4n) is 1.81. The monoisotopic (exact) mass is 320 g/mol. The number of pyridine rings is 1. The average Bonchev–Trinajstić information content (AvgIpc) is 2.33. The summed E-state index contributed by atoms with van der Waals surface area (Å²) in [6, 6.07) is 8.06. The zero-order valence-corrected chi connectivity index (χ0v) is 12.6. The molecule has 0 aliphatic heterocycles. The third-order valence-electron chi connectivity index (χ3n) is 2.71. The first kappa shape index (κ1) is 14.0. The van der Waals surface area contributed by atoms with Crippen LogP contribution in [0.4, 0.5) is 0 Å². The van der Waals surface area contributed by atoms with Gasteiger partial charge in [-0.2, -0.15) is 0 Å². The number of aryl methyl sites for hydroxylation is 1. The molecule has 19 heavy (non-hydrogen) atoms. The van der Waals surface area contributed by atoms with E-state index >= 15 is 0 Å². The number of nitrogens with two attached hydrogens (primary N) is 1. The van der Waals surface area contributed by atoms with E-state index in [0.29, 0.717) is 0 Å². The second-order valence-electron chi connectivity index (χ2n) is 4.72. The van der Waals surface area contributed by atoms with Gasteiger partial charge in [0, 0.05) is 16.7 Å². The molecule has 0 spiro atoms. The molecule has 1 heterocycles. The molecule has 100 valence electrons. The van der Waals surface area contributed by atoms with Crippen molar-refractivity contribution in [3.05, 3.63) is 52.3 Å². The predicted octanol–water partition coefficient (Wildman–Crippen LogP) is 3.83. The van der Waals surface area contributed by atoms with Gasteiger partial charge in [0.25, 0.3) is 0 Å². The number of hydrogen-bond donors (Lipinski definition) is 1. The highest BCUT2D eigenvalue weighted by Gasteiger charge is 2.05. The maximum Gasteiger partial charge on any atom is 0.145 e. The molecule has 0 radical (unpaired) electrons. The Morgan fingerprint density at radius 3 is 2.84 bits per heavy atom. The molecule has 0 saturated heterocycles.